The van der Waals surface area contributed by atoms with E-state index in [9.17, 15) is 0 Å². The summed E-state index contributed by atoms with van der Waals surface area (Å²) in [5.74, 6) is 0.895. The van der Waals surface area contributed by atoms with E-state index in [1.165, 1.54) is 0 Å². The zero-order valence-electron chi connectivity index (χ0n) is 15.8. The average molecular weight is 405 g/mol. The Bertz CT molecular complexity index is 1210. The lowest BCUT2D eigenvalue weighted by Crippen LogP contribution is -2.08. The van der Waals surface area contributed by atoms with Crippen LogP contribution in [-0.2, 0) is 6.54 Å². The highest BCUT2D eigenvalue weighted by Crippen LogP contribution is 2.29. The number of aromatic nitrogens is 5. The lowest BCUT2D eigenvalue weighted by molar-refractivity contribution is 0.660. The van der Waals surface area contributed by atoms with E-state index in [2.05, 4.69) is 44.2 Å². The molecule has 0 aliphatic heterocycles. The third-order valence-corrected chi connectivity index (χ3v) is 4.88. The molecule has 0 fully saturated rings. The normalized spacial score (nSPS) is 10.9. The molecule has 146 valence electrons. The standard InChI is InChI=1S/C22H20N6.ClH/c1-2-7-17(8-3-1)19-15-25-28-20-10-5-4-9-18(20)21(26-22(19)28)24-11-6-13-27-14-12-23-16-27;/h1-5,7-10,12,14-16H,6,11,13H2,(H,24,26);1H. The molecule has 0 saturated heterocycles. The van der Waals surface area contributed by atoms with Gasteiger partial charge in [0.1, 0.15) is 5.82 Å². The molecule has 0 unspecified atom stereocenters. The van der Waals surface area contributed by atoms with Crippen LogP contribution in [-0.4, -0.2) is 30.7 Å². The summed E-state index contributed by atoms with van der Waals surface area (Å²) >= 11 is 0. The smallest absolute Gasteiger partial charge is 0.165 e. The van der Waals surface area contributed by atoms with E-state index < -0.39 is 0 Å². The number of hydrogen-bond donors (Lipinski definition) is 1. The van der Waals surface area contributed by atoms with Crippen molar-refractivity contribution in [2.75, 3.05) is 11.9 Å². The number of nitrogens with zero attached hydrogens (tertiary/aromatic N) is 5. The molecule has 7 heteroatoms. The van der Waals surface area contributed by atoms with Gasteiger partial charge in [-0.1, -0.05) is 42.5 Å². The van der Waals surface area contributed by atoms with E-state index >= 15 is 0 Å². The molecule has 0 amide bonds. The Hall–Kier alpha value is -3.38. The summed E-state index contributed by atoms with van der Waals surface area (Å²) in [5, 5.41) is 9.21. The van der Waals surface area contributed by atoms with E-state index in [0.29, 0.717) is 0 Å². The van der Waals surface area contributed by atoms with Crippen LogP contribution >= 0.6 is 12.4 Å². The van der Waals surface area contributed by atoms with E-state index in [1.807, 2.05) is 53.6 Å². The van der Waals surface area contributed by atoms with Crippen LogP contribution in [0.3, 0.4) is 0 Å². The number of aryl methyl sites for hydroxylation is 1. The van der Waals surface area contributed by atoms with Crippen molar-refractivity contribution in [2.45, 2.75) is 13.0 Å². The molecule has 5 rings (SSSR count). The third-order valence-electron chi connectivity index (χ3n) is 4.88. The van der Waals surface area contributed by atoms with Crippen LogP contribution in [0.1, 0.15) is 6.42 Å². The summed E-state index contributed by atoms with van der Waals surface area (Å²) < 4.78 is 4.01. The Morgan fingerprint density at radius 3 is 2.62 bits per heavy atom. The van der Waals surface area contributed by atoms with Crippen LogP contribution in [0, 0.1) is 0 Å². The molecule has 0 bridgehead atoms. The minimum atomic E-state index is 0. The summed E-state index contributed by atoms with van der Waals surface area (Å²) in [6.07, 6.45) is 8.52. The maximum Gasteiger partial charge on any atom is 0.165 e. The van der Waals surface area contributed by atoms with Crippen molar-refractivity contribution in [2.24, 2.45) is 0 Å². The zero-order chi connectivity index (χ0) is 18.8. The number of para-hydroxylation sites is 1. The van der Waals surface area contributed by atoms with E-state index in [4.69, 9.17) is 4.98 Å². The first-order valence-electron chi connectivity index (χ1n) is 9.42. The maximum absolute atomic E-state index is 4.94. The van der Waals surface area contributed by atoms with Crippen molar-refractivity contribution in [3.8, 4) is 11.1 Å². The highest BCUT2D eigenvalue weighted by atomic mass is 35.5. The van der Waals surface area contributed by atoms with Crippen molar-refractivity contribution in [1.82, 2.24) is 24.1 Å². The van der Waals surface area contributed by atoms with Gasteiger partial charge in [0.15, 0.2) is 5.65 Å². The quantitative estimate of drug-likeness (QED) is 0.418. The van der Waals surface area contributed by atoms with Gasteiger partial charge in [-0.05, 0) is 24.1 Å². The van der Waals surface area contributed by atoms with Crippen LogP contribution in [0.2, 0.25) is 0 Å². The SMILES string of the molecule is Cl.c1ccc(-c2cnn3c2nc(NCCCn2ccnc2)c2ccccc23)cc1. The highest BCUT2D eigenvalue weighted by Gasteiger charge is 2.13. The molecule has 0 atom stereocenters. The molecule has 0 aliphatic rings. The Balaban J connectivity index is 0.00000205. The molecule has 29 heavy (non-hydrogen) atoms. The number of fused-ring (bicyclic) bond motifs is 3. The highest BCUT2D eigenvalue weighted by molar-refractivity contribution is 5.93. The molecule has 6 nitrogen and oxygen atoms in total. The summed E-state index contributed by atoms with van der Waals surface area (Å²) in [7, 11) is 0. The minimum Gasteiger partial charge on any atom is -0.369 e. The fourth-order valence-electron chi connectivity index (χ4n) is 3.49. The zero-order valence-corrected chi connectivity index (χ0v) is 16.6. The Morgan fingerprint density at radius 1 is 0.966 bits per heavy atom. The van der Waals surface area contributed by atoms with Crippen LogP contribution in [0.4, 0.5) is 5.82 Å². The van der Waals surface area contributed by atoms with Gasteiger partial charge in [-0.2, -0.15) is 5.10 Å². The van der Waals surface area contributed by atoms with Gasteiger partial charge in [0, 0.05) is 36.4 Å². The third kappa shape index (κ3) is 3.67. The summed E-state index contributed by atoms with van der Waals surface area (Å²) in [4.78, 5) is 9.03. The predicted octanol–water partition coefficient (Wildman–Crippen LogP) is 4.67. The van der Waals surface area contributed by atoms with Gasteiger partial charge < -0.3 is 9.88 Å². The number of halogens is 1. The van der Waals surface area contributed by atoms with Gasteiger partial charge in [-0.25, -0.2) is 14.5 Å². The topological polar surface area (TPSA) is 60.0 Å². The van der Waals surface area contributed by atoms with Crippen LogP contribution in [0.15, 0.2) is 79.5 Å². The van der Waals surface area contributed by atoms with Gasteiger partial charge in [0.25, 0.3) is 0 Å². The largest absolute Gasteiger partial charge is 0.369 e. The monoisotopic (exact) mass is 404 g/mol. The van der Waals surface area contributed by atoms with Crippen molar-refractivity contribution in [1.29, 1.82) is 0 Å². The molecule has 3 heterocycles. The number of anilines is 1. The molecule has 5 aromatic rings. The summed E-state index contributed by atoms with van der Waals surface area (Å²) in [6, 6.07) is 18.5. The van der Waals surface area contributed by atoms with Gasteiger partial charge in [-0.15, -0.1) is 12.4 Å². The second kappa shape index (κ2) is 8.32. The fourth-order valence-corrected chi connectivity index (χ4v) is 3.49. The fraction of sp³-hybridized carbons (Fsp3) is 0.136. The Morgan fingerprint density at radius 2 is 1.79 bits per heavy atom. The second-order valence-corrected chi connectivity index (χ2v) is 6.72. The molecule has 0 saturated carbocycles. The molecule has 0 spiro atoms. The molecule has 0 radical (unpaired) electrons. The summed E-state index contributed by atoms with van der Waals surface area (Å²) in [5.41, 5.74) is 4.06. The minimum absolute atomic E-state index is 0. The number of imidazole rings is 1. The van der Waals surface area contributed by atoms with Crippen LogP contribution in [0.5, 0.6) is 0 Å². The van der Waals surface area contributed by atoms with Crippen molar-refractivity contribution < 1.29 is 0 Å². The number of nitrogens with one attached hydrogen (secondary N) is 1. The number of hydrogen-bond acceptors (Lipinski definition) is 4. The average Bonchev–Trinajstić information content (AvgIpc) is 3.42. The lowest BCUT2D eigenvalue weighted by Gasteiger charge is -2.11. The maximum atomic E-state index is 4.94. The first kappa shape index (κ1) is 19.0. The second-order valence-electron chi connectivity index (χ2n) is 6.72. The predicted molar refractivity (Wildman–Crippen MR) is 119 cm³/mol. The van der Waals surface area contributed by atoms with Gasteiger partial charge in [0.05, 0.1) is 18.0 Å². The van der Waals surface area contributed by atoms with Crippen molar-refractivity contribution in [3.05, 3.63) is 79.5 Å². The van der Waals surface area contributed by atoms with Crippen molar-refractivity contribution >= 4 is 34.8 Å². The molecule has 3 aromatic heterocycles. The Kier molecular flexibility index (Phi) is 5.44. The van der Waals surface area contributed by atoms with E-state index in [1.54, 1.807) is 6.20 Å². The molecular weight excluding hydrogens is 384 g/mol. The molecule has 0 aliphatic carbocycles. The number of benzene rings is 2. The molecular formula is C22H21ClN6. The lowest BCUT2D eigenvalue weighted by atomic mass is 10.1. The molecule has 2 aromatic carbocycles. The van der Waals surface area contributed by atoms with Crippen molar-refractivity contribution in [3.63, 3.8) is 0 Å². The van der Waals surface area contributed by atoms with E-state index in [0.717, 1.165) is 53.0 Å². The number of rotatable bonds is 6. The van der Waals surface area contributed by atoms with E-state index in [-0.39, 0.29) is 12.4 Å². The molecule has 1 N–H and O–H groups in total. The van der Waals surface area contributed by atoms with Crippen LogP contribution in [0.25, 0.3) is 27.7 Å². The Labute approximate surface area is 174 Å². The van der Waals surface area contributed by atoms with Crippen LogP contribution < -0.4 is 5.32 Å². The summed E-state index contributed by atoms with van der Waals surface area (Å²) in [6.45, 7) is 1.76. The van der Waals surface area contributed by atoms with Gasteiger partial charge in [0.2, 0.25) is 0 Å². The first-order chi connectivity index (χ1) is 13.9. The van der Waals surface area contributed by atoms with Gasteiger partial charge >= 0.3 is 0 Å². The first-order valence-corrected chi connectivity index (χ1v) is 9.42. The van der Waals surface area contributed by atoms with Gasteiger partial charge in [-0.3, -0.25) is 0 Å².